The number of ether oxygens (including phenoxy) is 1. The number of hydrogen-bond donors (Lipinski definition) is 0. The summed E-state index contributed by atoms with van der Waals surface area (Å²) >= 11 is 1.47. The quantitative estimate of drug-likeness (QED) is 0.569. The van der Waals surface area contributed by atoms with Crippen LogP contribution in [0.5, 0.6) is 0 Å². The van der Waals surface area contributed by atoms with Gasteiger partial charge in [0.25, 0.3) is 5.16 Å². The molecule has 10 heteroatoms. The van der Waals surface area contributed by atoms with Gasteiger partial charge in [-0.15, -0.1) is 0 Å². The summed E-state index contributed by atoms with van der Waals surface area (Å²) in [5.74, 6) is 1.16. The van der Waals surface area contributed by atoms with E-state index in [4.69, 9.17) is 4.74 Å². The zero-order valence-corrected chi connectivity index (χ0v) is 15.5. The van der Waals surface area contributed by atoms with Crippen molar-refractivity contribution in [1.82, 2.24) is 14.3 Å². The predicted molar refractivity (Wildman–Crippen MR) is 94.6 cm³/mol. The van der Waals surface area contributed by atoms with E-state index in [1.165, 1.54) is 12.1 Å². The molecule has 0 bridgehead atoms. The van der Waals surface area contributed by atoms with Gasteiger partial charge in [-0.1, -0.05) is 6.08 Å². The van der Waals surface area contributed by atoms with Crippen molar-refractivity contribution in [3.63, 3.8) is 0 Å². The molecule has 24 heavy (non-hydrogen) atoms. The van der Waals surface area contributed by atoms with Crippen molar-refractivity contribution in [3.05, 3.63) is 18.3 Å². The highest BCUT2D eigenvalue weighted by Gasteiger charge is 2.25. The summed E-state index contributed by atoms with van der Waals surface area (Å²) in [7, 11) is -1.55. The van der Waals surface area contributed by atoms with Crippen LogP contribution in [0.15, 0.2) is 23.5 Å². The molecule has 3 heterocycles. The fourth-order valence-corrected chi connectivity index (χ4v) is 3.80. The summed E-state index contributed by atoms with van der Waals surface area (Å²) in [5.41, 5.74) is 0. The van der Waals surface area contributed by atoms with Crippen LogP contribution in [0.25, 0.3) is 0 Å². The van der Waals surface area contributed by atoms with Gasteiger partial charge < -0.3 is 9.64 Å². The van der Waals surface area contributed by atoms with Crippen molar-refractivity contribution >= 4 is 33.6 Å². The van der Waals surface area contributed by atoms with Gasteiger partial charge in [-0.05, 0) is 14.0 Å². The van der Waals surface area contributed by atoms with Gasteiger partial charge in [0.2, 0.25) is 9.84 Å². The number of anilines is 2. The van der Waals surface area contributed by atoms with Gasteiger partial charge in [0, 0.05) is 43.7 Å². The Morgan fingerprint density at radius 2 is 2.08 bits per heavy atom. The van der Waals surface area contributed by atoms with Gasteiger partial charge >= 0.3 is 0 Å². The summed E-state index contributed by atoms with van der Waals surface area (Å²) < 4.78 is 33.4. The van der Waals surface area contributed by atoms with Crippen LogP contribution in [-0.2, 0) is 14.6 Å². The molecule has 1 fully saturated rings. The molecule has 0 aromatic carbocycles. The molecule has 0 saturated carbocycles. The topological polar surface area (TPSA) is 78.9 Å². The Kier molecular flexibility index (Phi) is 5.00. The molecule has 1 aromatic heterocycles. The summed E-state index contributed by atoms with van der Waals surface area (Å²) in [4.78, 5) is 10.6. The van der Waals surface area contributed by atoms with E-state index in [1.54, 1.807) is 0 Å². The Balaban J connectivity index is 2.04. The maximum Gasteiger partial charge on any atom is 0.250 e. The van der Waals surface area contributed by atoms with E-state index < -0.39 is 9.84 Å². The first-order valence-corrected chi connectivity index (χ1v) is 10.3. The van der Waals surface area contributed by atoms with Gasteiger partial charge in [-0.2, -0.15) is 4.98 Å². The van der Waals surface area contributed by atoms with Crippen LogP contribution in [0.1, 0.15) is 6.92 Å². The molecule has 0 unspecified atom stereocenters. The number of morpholine rings is 1. The smallest absolute Gasteiger partial charge is 0.250 e. The fraction of sp³-hybridized carbons (Fsp3) is 0.571. The SMILES string of the molecule is C[C@@H]1COCCN1c1cc(N2C=CCN(C)S2)nc(S(C)(=O)=O)n1. The summed E-state index contributed by atoms with van der Waals surface area (Å²) in [5, 5.41) is -0.157. The zero-order valence-electron chi connectivity index (χ0n) is 13.9. The van der Waals surface area contributed by atoms with Crippen molar-refractivity contribution in [2.75, 3.05) is 48.8 Å². The third-order valence-corrected chi connectivity index (χ3v) is 5.49. The van der Waals surface area contributed by atoms with Crippen LogP contribution < -0.4 is 9.21 Å². The molecule has 8 nitrogen and oxygen atoms in total. The molecule has 0 aliphatic carbocycles. The van der Waals surface area contributed by atoms with E-state index in [9.17, 15) is 8.42 Å². The van der Waals surface area contributed by atoms with E-state index in [2.05, 4.69) is 14.9 Å². The Bertz CT molecular complexity index is 740. The van der Waals surface area contributed by atoms with Crippen molar-refractivity contribution in [2.45, 2.75) is 18.1 Å². The molecule has 3 rings (SSSR count). The summed E-state index contributed by atoms with van der Waals surface area (Å²) in [6.07, 6.45) is 5.02. The molecular formula is C14H21N5O3S2. The standard InChI is InChI=1S/C14H21N5O3S2/c1-11-10-22-8-7-18(11)12-9-13(16-14(15-12)24(3,20)21)19-6-4-5-17(2)23-19/h4,6,9,11H,5,7-8,10H2,1-3H3/t11-/m1/s1. The van der Waals surface area contributed by atoms with Crippen LogP contribution in [0.4, 0.5) is 11.6 Å². The van der Waals surface area contributed by atoms with Gasteiger partial charge in [0.1, 0.15) is 5.82 Å². The van der Waals surface area contributed by atoms with E-state index in [1.807, 2.05) is 40.9 Å². The highest BCUT2D eigenvalue weighted by Crippen LogP contribution is 2.30. The molecule has 2 aliphatic rings. The maximum absolute atomic E-state index is 12.0. The number of aromatic nitrogens is 2. The molecule has 1 aromatic rings. The lowest BCUT2D eigenvalue weighted by Gasteiger charge is -2.35. The number of sulfone groups is 1. The third-order valence-electron chi connectivity index (χ3n) is 3.73. The van der Waals surface area contributed by atoms with E-state index in [0.29, 0.717) is 31.4 Å². The molecule has 0 amide bonds. The number of rotatable bonds is 3. The highest BCUT2D eigenvalue weighted by molar-refractivity contribution is 7.98. The van der Waals surface area contributed by atoms with Crippen LogP contribution in [0, 0.1) is 0 Å². The van der Waals surface area contributed by atoms with Crippen LogP contribution in [0.3, 0.4) is 0 Å². The van der Waals surface area contributed by atoms with Crippen LogP contribution in [-0.4, -0.2) is 68.3 Å². The lowest BCUT2D eigenvalue weighted by Crippen LogP contribution is -2.44. The van der Waals surface area contributed by atoms with Gasteiger partial charge in [-0.25, -0.2) is 17.7 Å². The van der Waals surface area contributed by atoms with E-state index in [0.717, 1.165) is 12.8 Å². The second kappa shape index (κ2) is 6.87. The monoisotopic (exact) mass is 371 g/mol. The first-order valence-electron chi connectivity index (χ1n) is 7.63. The minimum atomic E-state index is -3.51. The molecule has 0 N–H and O–H groups in total. The van der Waals surface area contributed by atoms with Crippen molar-refractivity contribution in [3.8, 4) is 0 Å². The molecule has 0 spiro atoms. The largest absolute Gasteiger partial charge is 0.377 e. The summed E-state index contributed by atoms with van der Waals surface area (Å²) in [6, 6.07) is 1.95. The third kappa shape index (κ3) is 3.82. The average Bonchev–Trinajstić information content (AvgIpc) is 2.54. The minimum absolute atomic E-state index is 0.126. The zero-order chi connectivity index (χ0) is 17.3. The predicted octanol–water partition coefficient (Wildman–Crippen LogP) is 0.934. The minimum Gasteiger partial charge on any atom is -0.377 e. The van der Waals surface area contributed by atoms with Crippen LogP contribution >= 0.6 is 12.1 Å². The lowest BCUT2D eigenvalue weighted by atomic mass is 10.2. The number of hydrogen-bond acceptors (Lipinski definition) is 9. The highest BCUT2D eigenvalue weighted by atomic mass is 32.2. The second-order valence-corrected chi connectivity index (χ2v) is 8.95. The van der Waals surface area contributed by atoms with Crippen molar-refractivity contribution < 1.29 is 13.2 Å². The Morgan fingerprint density at radius 1 is 1.33 bits per heavy atom. The average molecular weight is 371 g/mol. The molecule has 132 valence electrons. The van der Waals surface area contributed by atoms with Crippen molar-refractivity contribution in [2.24, 2.45) is 0 Å². The first kappa shape index (κ1) is 17.5. The number of nitrogens with zero attached hydrogens (tertiary/aromatic N) is 5. The molecule has 2 aliphatic heterocycles. The lowest BCUT2D eigenvalue weighted by molar-refractivity contribution is 0.0984. The van der Waals surface area contributed by atoms with E-state index >= 15 is 0 Å². The molecular weight excluding hydrogens is 350 g/mol. The summed E-state index contributed by atoms with van der Waals surface area (Å²) in [6.45, 7) is 4.71. The number of likely N-dealkylation sites (N-methyl/N-ethyl adjacent to an activating group) is 1. The Hall–Kier alpha value is -1.36. The molecule has 1 atom stereocenters. The molecule has 1 saturated heterocycles. The molecule has 0 radical (unpaired) electrons. The van der Waals surface area contributed by atoms with Gasteiger partial charge in [0.05, 0.1) is 19.3 Å². The fourth-order valence-electron chi connectivity index (χ4n) is 2.51. The van der Waals surface area contributed by atoms with Gasteiger partial charge in [-0.3, -0.25) is 4.31 Å². The maximum atomic E-state index is 12.0. The first-order chi connectivity index (χ1) is 11.3. The van der Waals surface area contributed by atoms with E-state index in [-0.39, 0.29) is 11.2 Å². The van der Waals surface area contributed by atoms with Crippen molar-refractivity contribution in [1.29, 1.82) is 0 Å². The normalized spacial score (nSPS) is 22.9. The second-order valence-electron chi connectivity index (χ2n) is 5.86. The Morgan fingerprint density at radius 3 is 2.75 bits per heavy atom. The van der Waals surface area contributed by atoms with Crippen LogP contribution in [0.2, 0.25) is 0 Å². The van der Waals surface area contributed by atoms with Gasteiger partial charge in [0.15, 0.2) is 5.82 Å². The Labute approximate surface area is 146 Å².